The molecule has 2 unspecified atom stereocenters. The van der Waals surface area contributed by atoms with E-state index in [1.165, 1.54) is 32.1 Å². The number of nitrogens with zero attached hydrogens (tertiary/aromatic N) is 1. The summed E-state index contributed by atoms with van der Waals surface area (Å²) >= 11 is 0. The minimum atomic E-state index is 0.368. The largest absolute Gasteiger partial charge is 0.339 e. The molecule has 2 rings (SSSR count). The lowest BCUT2D eigenvalue weighted by Gasteiger charge is -2.38. The summed E-state index contributed by atoms with van der Waals surface area (Å²) in [6.45, 7) is 6.05. The van der Waals surface area contributed by atoms with E-state index in [0.717, 1.165) is 18.9 Å². The van der Waals surface area contributed by atoms with Crippen molar-refractivity contribution in [3.63, 3.8) is 0 Å². The zero-order valence-corrected chi connectivity index (χ0v) is 12.6. The Kier molecular flexibility index (Phi) is 5.26. The van der Waals surface area contributed by atoms with Gasteiger partial charge >= 0.3 is 0 Å². The van der Waals surface area contributed by atoms with Gasteiger partial charge in [-0.1, -0.05) is 20.3 Å². The summed E-state index contributed by atoms with van der Waals surface area (Å²) < 4.78 is 0. The van der Waals surface area contributed by atoms with E-state index in [2.05, 4.69) is 18.7 Å². The summed E-state index contributed by atoms with van der Waals surface area (Å²) in [7, 11) is 0. The summed E-state index contributed by atoms with van der Waals surface area (Å²) in [5, 5.41) is 0. The van der Waals surface area contributed by atoms with Crippen molar-refractivity contribution < 1.29 is 4.79 Å². The van der Waals surface area contributed by atoms with Crippen LogP contribution in [-0.4, -0.2) is 29.9 Å². The third-order valence-electron chi connectivity index (χ3n) is 4.91. The molecule has 0 aromatic rings. The predicted octanol–water partition coefficient (Wildman–Crippen LogP) is 2.79. The van der Waals surface area contributed by atoms with Gasteiger partial charge in [0.1, 0.15) is 0 Å². The number of piperidine rings is 1. The molecule has 3 nitrogen and oxygen atoms in total. The number of hydrogen-bond acceptors (Lipinski definition) is 2. The second kappa shape index (κ2) is 6.74. The van der Waals surface area contributed by atoms with E-state index in [0.29, 0.717) is 36.8 Å². The molecule has 1 aliphatic carbocycles. The molecule has 1 heterocycles. The van der Waals surface area contributed by atoms with E-state index < -0.39 is 0 Å². The van der Waals surface area contributed by atoms with E-state index in [1.54, 1.807) is 0 Å². The lowest BCUT2D eigenvalue weighted by atomic mass is 9.89. The smallest absolute Gasteiger partial charge is 0.223 e. The lowest BCUT2D eigenvalue weighted by molar-refractivity contribution is -0.136. The molecule has 2 aliphatic rings. The van der Waals surface area contributed by atoms with Gasteiger partial charge in [-0.15, -0.1) is 0 Å². The molecule has 1 amide bonds. The number of rotatable bonds is 5. The molecule has 19 heavy (non-hydrogen) atoms. The standard InChI is InChI=1S/C16H30N2O/c1-12(2)9-13(11-17)10-16(19)18-8-4-6-14-5-3-7-15(14)18/h12-15H,3-11,17H2,1-2H3/t13-,14?,15?/m0/s1. The number of nitrogens with two attached hydrogens (primary N) is 1. The van der Waals surface area contributed by atoms with Crippen molar-refractivity contribution in [3.8, 4) is 0 Å². The Morgan fingerprint density at radius 1 is 1.26 bits per heavy atom. The van der Waals surface area contributed by atoms with E-state index in [1.807, 2.05) is 0 Å². The molecule has 3 heteroatoms. The van der Waals surface area contributed by atoms with Gasteiger partial charge in [-0.05, 0) is 56.4 Å². The van der Waals surface area contributed by atoms with Crippen molar-refractivity contribution in [2.45, 2.75) is 64.8 Å². The molecule has 0 bridgehead atoms. The summed E-state index contributed by atoms with van der Waals surface area (Å²) in [5.74, 6) is 2.16. The monoisotopic (exact) mass is 266 g/mol. The van der Waals surface area contributed by atoms with Gasteiger partial charge in [0.15, 0.2) is 0 Å². The Labute approximate surface area is 117 Å². The Morgan fingerprint density at radius 3 is 2.68 bits per heavy atom. The van der Waals surface area contributed by atoms with Gasteiger partial charge < -0.3 is 10.6 Å². The summed E-state index contributed by atoms with van der Waals surface area (Å²) in [5.41, 5.74) is 5.83. The number of amides is 1. The maximum atomic E-state index is 12.6. The molecular weight excluding hydrogens is 236 g/mol. The quantitative estimate of drug-likeness (QED) is 0.831. The average molecular weight is 266 g/mol. The number of fused-ring (bicyclic) bond motifs is 1. The third kappa shape index (κ3) is 3.71. The van der Waals surface area contributed by atoms with Gasteiger partial charge in [-0.3, -0.25) is 4.79 Å². The number of hydrogen-bond donors (Lipinski definition) is 1. The highest BCUT2D eigenvalue weighted by molar-refractivity contribution is 5.77. The minimum Gasteiger partial charge on any atom is -0.339 e. The van der Waals surface area contributed by atoms with Gasteiger partial charge in [0.25, 0.3) is 0 Å². The second-order valence-corrected chi connectivity index (χ2v) is 6.92. The molecule has 0 aromatic carbocycles. The van der Waals surface area contributed by atoms with Gasteiger partial charge in [0.05, 0.1) is 0 Å². The first-order chi connectivity index (χ1) is 9.11. The lowest BCUT2D eigenvalue weighted by Crippen LogP contribution is -2.47. The molecule has 0 aromatic heterocycles. The van der Waals surface area contributed by atoms with Crippen LogP contribution < -0.4 is 5.73 Å². The molecule has 1 aliphatic heterocycles. The zero-order valence-electron chi connectivity index (χ0n) is 12.6. The molecular formula is C16H30N2O. The number of carbonyl (C=O) groups is 1. The predicted molar refractivity (Wildman–Crippen MR) is 78.7 cm³/mol. The average Bonchev–Trinajstić information content (AvgIpc) is 2.85. The van der Waals surface area contributed by atoms with Crippen LogP contribution in [0.1, 0.15) is 58.8 Å². The van der Waals surface area contributed by atoms with Crippen LogP contribution in [0.25, 0.3) is 0 Å². The molecule has 1 saturated carbocycles. The first-order valence-corrected chi connectivity index (χ1v) is 8.11. The van der Waals surface area contributed by atoms with Gasteiger partial charge in [-0.2, -0.15) is 0 Å². The molecule has 3 atom stereocenters. The van der Waals surface area contributed by atoms with Crippen LogP contribution in [0.3, 0.4) is 0 Å². The van der Waals surface area contributed by atoms with Crippen molar-refractivity contribution >= 4 is 5.91 Å². The van der Waals surface area contributed by atoms with Crippen LogP contribution in [0, 0.1) is 17.8 Å². The van der Waals surface area contributed by atoms with Crippen LogP contribution in [0.15, 0.2) is 0 Å². The molecule has 2 N–H and O–H groups in total. The van der Waals surface area contributed by atoms with Gasteiger partial charge in [0.2, 0.25) is 5.91 Å². The van der Waals surface area contributed by atoms with Gasteiger partial charge in [0, 0.05) is 19.0 Å². The van der Waals surface area contributed by atoms with Crippen molar-refractivity contribution in [3.05, 3.63) is 0 Å². The van der Waals surface area contributed by atoms with Gasteiger partial charge in [-0.25, -0.2) is 0 Å². The van der Waals surface area contributed by atoms with E-state index in [-0.39, 0.29) is 0 Å². The molecule has 0 spiro atoms. The van der Waals surface area contributed by atoms with Crippen LogP contribution in [0.5, 0.6) is 0 Å². The van der Waals surface area contributed by atoms with Crippen molar-refractivity contribution in [2.75, 3.05) is 13.1 Å². The van der Waals surface area contributed by atoms with Crippen LogP contribution in [0.4, 0.5) is 0 Å². The highest BCUT2D eigenvalue weighted by atomic mass is 16.2. The number of likely N-dealkylation sites (tertiary alicyclic amines) is 1. The maximum absolute atomic E-state index is 12.6. The highest BCUT2D eigenvalue weighted by Gasteiger charge is 2.37. The maximum Gasteiger partial charge on any atom is 0.223 e. The van der Waals surface area contributed by atoms with E-state index in [4.69, 9.17) is 5.73 Å². The topological polar surface area (TPSA) is 46.3 Å². The summed E-state index contributed by atoms with van der Waals surface area (Å²) in [4.78, 5) is 14.8. The molecule has 1 saturated heterocycles. The Bertz CT molecular complexity index is 303. The van der Waals surface area contributed by atoms with E-state index >= 15 is 0 Å². The van der Waals surface area contributed by atoms with Crippen LogP contribution in [-0.2, 0) is 4.79 Å². The Balaban J connectivity index is 1.90. The number of carbonyl (C=O) groups excluding carboxylic acids is 1. The van der Waals surface area contributed by atoms with Crippen molar-refractivity contribution in [2.24, 2.45) is 23.5 Å². The first kappa shape index (κ1) is 14.8. The highest BCUT2D eigenvalue weighted by Crippen LogP contribution is 2.37. The van der Waals surface area contributed by atoms with E-state index in [9.17, 15) is 4.79 Å². The zero-order chi connectivity index (χ0) is 13.8. The molecule has 0 radical (unpaired) electrons. The molecule has 110 valence electrons. The SMILES string of the molecule is CC(C)C[C@H](CN)CC(=O)N1CCCC2CCCC21. The normalized spacial score (nSPS) is 28.5. The fourth-order valence-corrected chi connectivity index (χ4v) is 4.06. The molecule has 2 fully saturated rings. The van der Waals surface area contributed by atoms with Crippen LogP contribution >= 0.6 is 0 Å². The minimum absolute atomic E-state index is 0.368. The van der Waals surface area contributed by atoms with Crippen molar-refractivity contribution in [1.29, 1.82) is 0 Å². The van der Waals surface area contributed by atoms with Crippen LogP contribution in [0.2, 0.25) is 0 Å². The Hall–Kier alpha value is -0.570. The second-order valence-electron chi connectivity index (χ2n) is 6.92. The Morgan fingerprint density at radius 2 is 2.00 bits per heavy atom. The third-order valence-corrected chi connectivity index (χ3v) is 4.91. The fourth-order valence-electron chi connectivity index (χ4n) is 4.06. The summed E-state index contributed by atoms with van der Waals surface area (Å²) in [6, 6.07) is 0.554. The van der Waals surface area contributed by atoms with Crippen molar-refractivity contribution in [1.82, 2.24) is 4.90 Å². The first-order valence-electron chi connectivity index (χ1n) is 8.11. The fraction of sp³-hybridized carbons (Fsp3) is 0.938. The summed E-state index contributed by atoms with van der Waals surface area (Å²) in [6.07, 6.45) is 8.15.